The minimum Gasteiger partial charge on any atom is -0.481 e. The lowest BCUT2D eigenvalue weighted by Crippen LogP contribution is -2.49. The fourth-order valence-electron chi connectivity index (χ4n) is 3.92. The zero-order valence-corrected chi connectivity index (χ0v) is 14.3. The number of aromatic amines is 1. The van der Waals surface area contributed by atoms with Gasteiger partial charge in [-0.2, -0.15) is 0 Å². The molecular weight excluding hydrogens is 328 g/mol. The number of hydrogen-bond acceptors (Lipinski definition) is 2. The second-order valence-corrected chi connectivity index (χ2v) is 6.79. The number of rotatable bonds is 3. The Morgan fingerprint density at radius 3 is 2.38 bits per heavy atom. The first-order valence-electron chi connectivity index (χ1n) is 8.76. The predicted molar refractivity (Wildman–Crippen MR) is 99.2 cm³/mol. The SMILES string of the molecule is O=C(c1cccc2[nH]ccc12)N1CCC(C(=O)O)(c2ccccc2)CC1. The van der Waals surface area contributed by atoms with Crippen molar-refractivity contribution >= 4 is 22.8 Å². The van der Waals surface area contributed by atoms with E-state index < -0.39 is 11.4 Å². The first-order chi connectivity index (χ1) is 12.6. The number of fused-ring (bicyclic) bond motifs is 1. The molecule has 132 valence electrons. The maximum absolute atomic E-state index is 13.0. The van der Waals surface area contributed by atoms with Crippen LogP contribution in [-0.4, -0.2) is 40.0 Å². The Hall–Kier alpha value is -3.08. The zero-order valence-electron chi connectivity index (χ0n) is 14.3. The smallest absolute Gasteiger partial charge is 0.314 e. The number of amides is 1. The summed E-state index contributed by atoms with van der Waals surface area (Å²) in [6.45, 7) is 0.863. The van der Waals surface area contributed by atoms with Crippen molar-refractivity contribution in [2.24, 2.45) is 0 Å². The lowest BCUT2D eigenvalue weighted by atomic mass is 9.72. The van der Waals surface area contributed by atoms with E-state index in [4.69, 9.17) is 0 Å². The average Bonchev–Trinajstić information content (AvgIpc) is 3.17. The van der Waals surface area contributed by atoms with E-state index in [1.165, 1.54) is 0 Å². The Labute approximate surface area is 151 Å². The minimum absolute atomic E-state index is 0.0396. The second kappa shape index (κ2) is 6.33. The Balaban J connectivity index is 1.59. The summed E-state index contributed by atoms with van der Waals surface area (Å²) in [4.78, 5) is 29.9. The molecule has 3 aromatic rings. The van der Waals surface area contributed by atoms with Gasteiger partial charge in [-0.05, 0) is 36.6 Å². The van der Waals surface area contributed by atoms with E-state index in [0.717, 1.165) is 16.5 Å². The third-order valence-corrected chi connectivity index (χ3v) is 5.47. The molecule has 0 aliphatic carbocycles. The molecule has 0 unspecified atom stereocenters. The molecule has 2 heterocycles. The van der Waals surface area contributed by atoms with E-state index in [0.29, 0.717) is 31.5 Å². The van der Waals surface area contributed by atoms with E-state index in [-0.39, 0.29) is 5.91 Å². The number of nitrogens with zero attached hydrogens (tertiary/aromatic N) is 1. The summed E-state index contributed by atoms with van der Waals surface area (Å²) in [5, 5.41) is 10.8. The van der Waals surface area contributed by atoms with E-state index >= 15 is 0 Å². The van der Waals surface area contributed by atoms with Crippen LogP contribution < -0.4 is 0 Å². The number of piperidine rings is 1. The first kappa shape index (κ1) is 16.4. The number of benzene rings is 2. The van der Waals surface area contributed by atoms with Crippen molar-refractivity contribution < 1.29 is 14.7 Å². The molecule has 2 N–H and O–H groups in total. The van der Waals surface area contributed by atoms with Crippen LogP contribution in [0.5, 0.6) is 0 Å². The van der Waals surface area contributed by atoms with Crippen molar-refractivity contribution in [1.82, 2.24) is 9.88 Å². The van der Waals surface area contributed by atoms with Gasteiger partial charge in [-0.15, -0.1) is 0 Å². The molecule has 1 saturated heterocycles. The lowest BCUT2D eigenvalue weighted by Gasteiger charge is -2.39. The van der Waals surface area contributed by atoms with E-state index in [1.54, 1.807) is 4.90 Å². The number of nitrogens with one attached hydrogen (secondary N) is 1. The molecule has 0 saturated carbocycles. The highest BCUT2D eigenvalue weighted by atomic mass is 16.4. The van der Waals surface area contributed by atoms with Gasteiger partial charge in [-0.1, -0.05) is 36.4 Å². The molecule has 0 bridgehead atoms. The molecule has 1 amide bonds. The van der Waals surface area contributed by atoms with Gasteiger partial charge in [0, 0.05) is 35.8 Å². The minimum atomic E-state index is -0.919. The Morgan fingerprint density at radius 1 is 0.962 bits per heavy atom. The van der Waals surface area contributed by atoms with Crippen LogP contribution in [0.15, 0.2) is 60.8 Å². The first-order valence-corrected chi connectivity index (χ1v) is 8.76. The topological polar surface area (TPSA) is 73.4 Å². The Morgan fingerprint density at radius 2 is 1.69 bits per heavy atom. The van der Waals surface area contributed by atoms with Crippen molar-refractivity contribution in [3.05, 3.63) is 71.9 Å². The lowest BCUT2D eigenvalue weighted by molar-refractivity contribution is -0.145. The monoisotopic (exact) mass is 348 g/mol. The van der Waals surface area contributed by atoms with Gasteiger partial charge in [0.05, 0.1) is 5.41 Å². The molecule has 4 rings (SSSR count). The quantitative estimate of drug-likeness (QED) is 0.762. The van der Waals surface area contributed by atoms with Crippen molar-refractivity contribution in [2.45, 2.75) is 18.3 Å². The third kappa shape index (κ3) is 2.56. The molecule has 0 spiro atoms. The highest BCUT2D eigenvalue weighted by Crippen LogP contribution is 2.36. The van der Waals surface area contributed by atoms with Gasteiger partial charge in [-0.3, -0.25) is 9.59 Å². The summed E-state index contributed by atoms with van der Waals surface area (Å²) >= 11 is 0. The average molecular weight is 348 g/mol. The molecule has 0 atom stereocenters. The van der Waals surface area contributed by atoms with Crippen LogP contribution in [-0.2, 0) is 10.2 Å². The number of likely N-dealkylation sites (tertiary alicyclic amines) is 1. The number of aliphatic carboxylic acids is 1. The third-order valence-electron chi connectivity index (χ3n) is 5.47. The van der Waals surface area contributed by atoms with Crippen molar-refractivity contribution in [2.75, 3.05) is 13.1 Å². The van der Waals surface area contributed by atoms with E-state index in [9.17, 15) is 14.7 Å². The van der Waals surface area contributed by atoms with Crippen molar-refractivity contribution in [1.29, 1.82) is 0 Å². The molecule has 2 aromatic carbocycles. The highest BCUT2D eigenvalue weighted by molar-refractivity contribution is 6.06. The largest absolute Gasteiger partial charge is 0.481 e. The molecule has 1 aliphatic rings. The molecule has 26 heavy (non-hydrogen) atoms. The predicted octanol–water partition coefficient (Wildman–Crippen LogP) is 3.43. The number of aromatic nitrogens is 1. The molecule has 1 fully saturated rings. The molecule has 5 nitrogen and oxygen atoms in total. The highest BCUT2D eigenvalue weighted by Gasteiger charge is 2.44. The summed E-state index contributed by atoms with van der Waals surface area (Å²) < 4.78 is 0. The van der Waals surface area contributed by atoms with E-state index in [1.807, 2.05) is 60.8 Å². The number of H-pyrrole nitrogens is 1. The van der Waals surface area contributed by atoms with Crippen LogP contribution in [0.4, 0.5) is 0 Å². The van der Waals surface area contributed by atoms with Gasteiger partial charge in [0.25, 0.3) is 5.91 Å². The van der Waals surface area contributed by atoms with E-state index in [2.05, 4.69) is 4.98 Å². The summed E-state index contributed by atoms with van der Waals surface area (Å²) in [6, 6.07) is 16.9. The normalized spacial score (nSPS) is 16.5. The maximum atomic E-state index is 13.0. The summed E-state index contributed by atoms with van der Waals surface area (Å²) in [6.07, 6.45) is 2.66. The van der Waals surface area contributed by atoms with Crippen molar-refractivity contribution in [3.63, 3.8) is 0 Å². The number of carbonyl (C=O) groups excluding carboxylic acids is 1. The Bertz CT molecular complexity index is 954. The molecular formula is C21H20N2O3. The summed E-state index contributed by atoms with van der Waals surface area (Å²) in [5.41, 5.74) is 1.48. The van der Waals surface area contributed by atoms with Gasteiger partial charge in [0.2, 0.25) is 0 Å². The van der Waals surface area contributed by atoms with Crippen LogP contribution in [0.2, 0.25) is 0 Å². The molecule has 1 aliphatic heterocycles. The van der Waals surface area contributed by atoms with Crippen LogP contribution in [0.1, 0.15) is 28.8 Å². The fraction of sp³-hybridized carbons (Fsp3) is 0.238. The Kier molecular flexibility index (Phi) is 3.99. The number of carboxylic acids is 1. The number of hydrogen-bond donors (Lipinski definition) is 2. The van der Waals surface area contributed by atoms with Crippen LogP contribution in [0.25, 0.3) is 10.9 Å². The fourth-order valence-corrected chi connectivity index (χ4v) is 3.92. The summed E-state index contributed by atoms with van der Waals surface area (Å²) in [7, 11) is 0. The summed E-state index contributed by atoms with van der Waals surface area (Å²) in [5.74, 6) is -0.856. The second-order valence-electron chi connectivity index (χ2n) is 6.79. The van der Waals surface area contributed by atoms with Gasteiger partial charge in [0.15, 0.2) is 0 Å². The van der Waals surface area contributed by atoms with Gasteiger partial charge >= 0.3 is 5.97 Å². The molecule has 0 radical (unpaired) electrons. The zero-order chi connectivity index (χ0) is 18.1. The van der Waals surface area contributed by atoms with Crippen molar-refractivity contribution in [3.8, 4) is 0 Å². The van der Waals surface area contributed by atoms with Gasteiger partial charge < -0.3 is 15.0 Å². The standard InChI is InChI=1S/C21H20N2O3/c24-19(17-7-4-8-18-16(17)9-12-22-18)23-13-10-21(11-14-23,20(25)26)15-5-2-1-3-6-15/h1-9,12,22H,10-11,13-14H2,(H,25,26). The maximum Gasteiger partial charge on any atom is 0.314 e. The number of carbonyl (C=O) groups is 2. The van der Waals surface area contributed by atoms with Crippen LogP contribution >= 0.6 is 0 Å². The van der Waals surface area contributed by atoms with Crippen LogP contribution in [0, 0.1) is 0 Å². The van der Waals surface area contributed by atoms with Gasteiger partial charge in [0.1, 0.15) is 0 Å². The molecule has 5 heteroatoms. The molecule has 1 aromatic heterocycles. The number of carboxylic acid groups (broad SMARTS) is 1. The van der Waals surface area contributed by atoms with Gasteiger partial charge in [-0.25, -0.2) is 0 Å². The van der Waals surface area contributed by atoms with Crippen LogP contribution in [0.3, 0.4) is 0 Å².